The third-order valence-corrected chi connectivity index (χ3v) is 21.0. The zero-order valence-electron chi connectivity index (χ0n) is 44.6. The van der Waals surface area contributed by atoms with E-state index in [0.717, 1.165) is 169 Å². The fourth-order valence-electron chi connectivity index (χ4n) is 18.5. The lowest BCUT2D eigenvalue weighted by molar-refractivity contribution is -0.150. The Labute approximate surface area is 431 Å². The summed E-state index contributed by atoms with van der Waals surface area (Å²) >= 11 is 0. The lowest BCUT2D eigenvalue weighted by Crippen LogP contribution is -2.60. The Kier molecular flexibility index (Phi) is 15.5. The molecular formula is C60H90N6O6. The van der Waals surface area contributed by atoms with Crippen LogP contribution in [0.5, 0.6) is 0 Å². The second-order valence-corrected chi connectivity index (χ2v) is 26.4. The normalized spacial score (nSPS) is 34.0. The summed E-state index contributed by atoms with van der Waals surface area (Å²) in [5.74, 6) is 6.04. The molecule has 72 heavy (non-hydrogen) atoms. The molecule has 0 heterocycles. The molecule has 0 aromatic heterocycles. The van der Waals surface area contributed by atoms with Gasteiger partial charge in [0, 0.05) is 57.4 Å². The highest BCUT2D eigenvalue weighted by molar-refractivity contribution is 5.98. The zero-order chi connectivity index (χ0) is 50.2. The molecule has 3 N–H and O–H groups in total. The smallest absolute Gasteiger partial charge is 0.232 e. The van der Waals surface area contributed by atoms with Gasteiger partial charge in [0.15, 0.2) is 0 Å². The maximum atomic E-state index is 13.4. The van der Waals surface area contributed by atoms with Gasteiger partial charge in [0.1, 0.15) is 19.3 Å². The minimum Gasteiger partial charge on any atom is -0.356 e. The van der Waals surface area contributed by atoms with Crippen LogP contribution in [0.3, 0.4) is 0 Å². The van der Waals surface area contributed by atoms with Crippen LogP contribution in [0.15, 0.2) is 18.2 Å². The summed E-state index contributed by atoms with van der Waals surface area (Å²) in [4.78, 5) is 85.0. The Morgan fingerprint density at radius 1 is 0.375 bits per heavy atom. The van der Waals surface area contributed by atoms with Crippen molar-refractivity contribution >= 4 is 35.4 Å². The number of hydrogen-bond acceptors (Lipinski definition) is 6. The molecule has 0 saturated heterocycles. The van der Waals surface area contributed by atoms with Crippen LogP contribution in [0.2, 0.25) is 0 Å². The topological polar surface area (TPSA) is 148 Å². The predicted molar refractivity (Wildman–Crippen MR) is 279 cm³/mol. The molecule has 6 amide bonds. The van der Waals surface area contributed by atoms with Crippen molar-refractivity contribution < 1.29 is 28.8 Å². The van der Waals surface area contributed by atoms with Crippen molar-refractivity contribution in [3.63, 3.8) is 0 Å². The van der Waals surface area contributed by atoms with Crippen LogP contribution in [0, 0.1) is 53.3 Å². The molecule has 12 aliphatic rings. The first-order chi connectivity index (χ1) is 34.6. The molecule has 12 nitrogen and oxygen atoms in total. The molecule has 0 atom stereocenters. The summed E-state index contributed by atoms with van der Waals surface area (Å²) in [6.45, 7) is 1.64. The van der Waals surface area contributed by atoms with Crippen LogP contribution < -0.4 is 16.0 Å². The molecular weight excluding hydrogens is 901 g/mol. The van der Waals surface area contributed by atoms with Crippen LogP contribution in [0.4, 0.5) is 0 Å². The van der Waals surface area contributed by atoms with E-state index in [1.165, 1.54) is 74.5 Å². The predicted octanol–water partition coefficient (Wildman–Crippen LogP) is 8.46. The Bertz CT molecular complexity index is 1830. The number of nitrogens with one attached hydrogen (secondary N) is 3. The third-order valence-electron chi connectivity index (χ3n) is 21.0. The van der Waals surface area contributed by atoms with Crippen molar-refractivity contribution in [2.75, 3.05) is 40.8 Å². The van der Waals surface area contributed by atoms with E-state index in [2.05, 4.69) is 34.1 Å². The summed E-state index contributed by atoms with van der Waals surface area (Å²) in [6.07, 6.45) is 29.5. The summed E-state index contributed by atoms with van der Waals surface area (Å²) < 4.78 is 0. The lowest BCUT2D eigenvalue weighted by Gasteiger charge is -2.59. The number of carbonyl (C=O) groups excluding carboxylic acids is 6. The van der Waals surface area contributed by atoms with Crippen LogP contribution in [-0.4, -0.2) is 108 Å². The van der Waals surface area contributed by atoms with Gasteiger partial charge in [-0.05, 0) is 243 Å². The summed E-state index contributed by atoms with van der Waals surface area (Å²) in [7, 11) is 5.83. The van der Waals surface area contributed by atoms with Crippen molar-refractivity contribution in [1.29, 1.82) is 0 Å². The first-order valence-electron chi connectivity index (χ1n) is 29.3. The number of unbranched alkanes of at least 4 members (excludes halogenated alkanes) is 3. The number of hydrogen-bond donors (Lipinski definition) is 3. The van der Waals surface area contributed by atoms with Crippen LogP contribution in [-0.2, 0) is 48.0 Å². The van der Waals surface area contributed by atoms with Gasteiger partial charge in [-0.1, -0.05) is 18.2 Å². The second-order valence-electron chi connectivity index (χ2n) is 26.4. The number of amides is 6. The molecule has 13 rings (SSSR count). The summed E-state index contributed by atoms with van der Waals surface area (Å²) in [6, 6.07) is 6.91. The van der Waals surface area contributed by atoms with E-state index in [1.807, 2.05) is 35.8 Å². The molecule has 12 fully saturated rings. The van der Waals surface area contributed by atoms with E-state index in [-0.39, 0.29) is 71.3 Å². The second kappa shape index (κ2) is 21.7. The molecule has 396 valence electrons. The van der Waals surface area contributed by atoms with Crippen LogP contribution >= 0.6 is 0 Å². The molecule has 1 aromatic carbocycles. The highest BCUT2D eigenvalue weighted by Gasteiger charge is 2.56. The summed E-state index contributed by atoms with van der Waals surface area (Å²) in [5.41, 5.74) is 3.69. The van der Waals surface area contributed by atoms with Gasteiger partial charge < -0.3 is 30.7 Å². The van der Waals surface area contributed by atoms with E-state index in [9.17, 15) is 28.8 Å². The minimum atomic E-state index is -0.179. The van der Waals surface area contributed by atoms with Gasteiger partial charge in [0.2, 0.25) is 35.4 Å². The first-order valence-corrected chi connectivity index (χ1v) is 29.3. The number of nitrogens with zero attached hydrogens (tertiary/aromatic N) is 3. The quantitative estimate of drug-likeness (QED) is 0.0700. The van der Waals surface area contributed by atoms with Crippen molar-refractivity contribution in [3.05, 3.63) is 34.9 Å². The Hall–Kier alpha value is -3.96. The molecule has 0 radical (unpaired) electrons. The largest absolute Gasteiger partial charge is 0.356 e. The number of rotatable bonds is 24. The lowest BCUT2D eigenvalue weighted by atomic mass is 9.52. The van der Waals surface area contributed by atoms with Gasteiger partial charge in [-0.25, -0.2) is 0 Å². The standard InChI is InChI=1S/C60H90N6O6/c1-64(58-31-43-19-44(32-58)21-45(20-43)33-58)55(70)28-52(67)61-13-7-4-10-40-16-41(11-5-8-14-62-53(68)29-56(71)65(2)59-34-46-22-47(35-59)24-48(23-46)36-59)18-42(17-40)12-6-9-15-63-54(69)30-57(72)66(3)60-37-49-25-50(38-60)27-51(26-49)39-60/h16-18,43-51H,4-15,19-39H2,1-3H3,(H,61,67)(H,62,68)(H,63,69). The van der Waals surface area contributed by atoms with Crippen molar-refractivity contribution in [2.24, 2.45) is 53.3 Å². The number of benzene rings is 1. The molecule has 12 bridgehead atoms. The van der Waals surface area contributed by atoms with Crippen molar-refractivity contribution in [3.8, 4) is 0 Å². The van der Waals surface area contributed by atoms with Gasteiger partial charge in [-0.2, -0.15) is 0 Å². The van der Waals surface area contributed by atoms with Gasteiger partial charge in [-0.15, -0.1) is 0 Å². The average Bonchev–Trinajstić information content (AvgIpc) is 3.31. The molecule has 12 aliphatic carbocycles. The number of aryl methyl sites for hydroxylation is 3. The third kappa shape index (κ3) is 11.6. The highest BCUT2D eigenvalue weighted by atomic mass is 16.2. The van der Waals surface area contributed by atoms with Crippen LogP contribution in [0.1, 0.15) is 190 Å². The molecule has 1 aromatic rings. The van der Waals surface area contributed by atoms with Gasteiger partial charge in [-0.3, -0.25) is 28.8 Å². The number of carbonyl (C=O) groups is 6. The Morgan fingerprint density at radius 3 is 0.792 bits per heavy atom. The molecule has 12 saturated carbocycles. The minimum absolute atomic E-state index is 0.0383. The van der Waals surface area contributed by atoms with E-state index >= 15 is 0 Å². The fourth-order valence-corrected chi connectivity index (χ4v) is 18.5. The maximum Gasteiger partial charge on any atom is 0.232 e. The monoisotopic (exact) mass is 991 g/mol. The van der Waals surface area contributed by atoms with E-state index in [4.69, 9.17) is 0 Å². The van der Waals surface area contributed by atoms with E-state index < -0.39 is 0 Å². The first kappa shape index (κ1) is 51.5. The van der Waals surface area contributed by atoms with Crippen molar-refractivity contribution in [1.82, 2.24) is 30.7 Å². The highest BCUT2D eigenvalue weighted by Crippen LogP contribution is 2.60. The van der Waals surface area contributed by atoms with Gasteiger partial charge in [0.05, 0.1) is 0 Å². The Morgan fingerprint density at radius 2 is 0.583 bits per heavy atom. The van der Waals surface area contributed by atoms with Gasteiger partial charge in [0.25, 0.3) is 0 Å². The van der Waals surface area contributed by atoms with Crippen LogP contribution in [0.25, 0.3) is 0 Å². The van der Waals surface area contributed by atoms with E-state index in [0.29, 0.717) is 19.6 Å². The SMILES string of the molecule is CN(C(=O)CC(=O)NCCCCc1cc(CCCCNC(=O)CC(=O)N(C)C23CC4CC(CC(C4)C2)C3)cc(CCCCNC(=O)CC(=O)N(C)C23CC4CC(CC(C4)C2)C3)c1)C12CC3CC(CC(C3)C1)C2. The average molecular weight is 991 g/mol. The maximum absolute atomic E-state index is 13.4. The zero-order valence-corrected chi connectivity index (χ0v) is 44.6. The molecule has 12 heteroatoms. The molecule has 0 unspecified atom stereocenters. The molecule has 0 spiro atoms. The van der Waals surface area contributed by atoms with E-state index in [1.54, 1.807) is 0 Å². The molecule has 0 aliphatic heterocycles. The Balaban J connectivity index is 0.660. The van der Waals surface area contributed by atoms with Gasteiger partial charge >= 0.3 is 0 Å². The van der Waals surface area contributed by atoms with Crippen molar-refractivity contribution in [2.45, 2.75) is 209 Å². The summed E-state index contributed by atoms with van der Waals surface area (Å²) in [5, 5.41) is 9.13. The fraction of sp³-hybridized carbons (Fsp3) is 0.800.